The fraction of sp³-hybridized carbons (Fsp3) is 1.00. The Kier molecular flexibility index (Phi) is 2.03. The molecule has 4 rings (SSSR count). The van der Waals surface area contributed by atoms with Gasteiger partial charge in [0.2, 0.25) is 0 Å². The minimum absolute atomic E-state index is 0.0839. The molecule has 0 N–H and O–H groups in total. The van der Waals surface area contributed by atoms with Crippen LogP contribution in [-0.2, 0) is 14.2 Å². The molecule has 0 amide bonds. The normalized spacial score (nSPS) is 60.7. The Labute approximate surface area is 109 Å². The topological polar surface area (TPSA) is 37.6 Å². The Bertz CT molecular complexity index is 393. The maximum Gasteiger partial charge on any atom is 0.0946 e. The summed E-state index contributed by atoms with van der Waals surface area (Å²) in [6.07, 6.45) is 6.18. The van der Waals surface area contributed by atoms with Crippen LogP contribution in [0.3, 0.4) is 0 Å². The highest BCUT2D eigenvalue weighted by molar-refractivity contribution is 5.12. The van der Waals surface area contributed by atoms with Gasteiger partial charge in [-0.2, -0.15) is 0 Å². The van der Waals surface area contributed by atoms with Crippen LogP contribution in [0.15, 0.2) is 0 Å². The van der Waals surface area contributed by atoms with E-state index in [-0.39, 0.29) is 16.6 Å². The molecule has 0 radical (unpaired) electrons. The third kappa shape index (κ3) is 1.67. The summed E-state index contributed by atoms with van der Waals surface area (Å²) in [5, 5.41) is 0. The summed E-state index contributed by atoms with van der Waals surface area (Å²) >= 11 is 0. The highest BCUT2D eigenvalue weighted by Gasteiger charge is 2.64. The molecule has 3 heterocycles. The Balaban J connectivity index is 1.56. The summed E-state index contributed by atoms with van der Waals surface area (Å²) in [4.78, 5) is 0. The van der Waals surface area contributed by atoms with E-state index in [1.807, 2.05) is 0 Å². The summed E-state index contributed by atoms with van der Waals surface area (Å²) in [6, 6.07) is 0. The Morgan fingerprint density at radius 1 is 0.889 bits per heavy atom. The van der Waals surface area contributed by atoms with Crippen molar-refractivity contribution < 1.29 is 14.2 Å². The summed E-state index contributed by atoms with van der Waals surface area (Å²) in [5.74, 6) is 0. The molecule has 3 heteroatoms. The van der Waals surface area contributed by atoms with Gasteiger partial charge in [-0.3, -0.25) is 0 Å². The Morgan fingerprint density at radius 3 is 2.39 bits per heavy atom. The molecule has 6 atom stereocenters. The molecule has 0 unspecified atom stereocenters. The van der Waals surface area contributed by atoms with Crippen molar-refractivity contribution in [1.29, 1.82) is 0 Å². The molecule has 0 aromatic carbocycles. The van der Waals surface area contributed by atoms with E-state index in [1.165, 1.54) is 0 Å². The molecule has 3 aliphatic heterocycles. The largest absolute Gasteiger partial charge is 0.369 e. The van der Waals surface area contributed by atoms with Crippen molar-refractivity contribution in [2.75, 3.05) is 0 Å². The standard InChI is InChI=1S/C15H24O3/c1-13(2)8-11-14(3,18-11)6-5-10-15(4,17-10)7-9-12(13)16-9/h9-12H,5-8H2,1-4H3/t9-,10-,11-,12+,14-,15-/m0/s1. The van der Waals surface area contributed by atoms with Crippen LogP contribution < -0.4 is 0 Å². The van der Waals surface area contributed by atoms with Gasteiger partial charge in [0.25, 0.3) is 0 Å². The van der Waals surface area contributed by atoms with Gasteiger partial charge >= 0.3 is 0 Å². The van der Waals surface area contributed by atoms with E-state index in [2.05, 4.69) is 27.7 Å². The van der Waals surface area contributed by atoms with Crippen LogP contribution in [-0.4, -0.2) is 35.6 Å². The second-order valence-electron chi connectivity index (χ2n) is 7.87. The molecular weight excluding hydrogens is 228 g/mol. The lowest BCUT2D eigenvalue weighted by atomic mass is 9.80. The average Bonchev–Trinajstić information content (AvgIpc) is 3.14. The quantitative estimate of drug-likeness (QED) is 0.622. The molecule has 0 aromatic rings. The molecule has 0 spiro atoms. The van der Waals surface area contributed by atoms with Crippen molar-refractivity contribution in [2.45, 2.75) is 89.0 Å². The van der Waals surface area contributed by atoms with Crippen molar-refractivity contribution in [3.05, 3.63) is 0 Å². The number of hydrogen-bond acceptors (Lipinski definition) is 3. The lowest BCUT2D eigenvalue weighted by molar-refractivity contribution is 0.200. The zero-order chi connectivity index (χ0) is 12.8. The monoisotopic (exact) mass is 252 g/mol. The SMILES string of the molecule is CC1(C)C[C@@H]2O[C@@]2(C)CC[C@@H]2O[C@@]2(C)C[C@@H]2O[C@H]21. The van der Waals surface area contributed by atoms with Gasteiger partial charge in [0.15, 0.2) is 0 Å². The van der Waals surface area contributed by atoms with Crippen LogP contribution in [0.5, 0.6) is 0 Å². The highest BCUT2D eigenvalue weighted by Crippen LogP contribution is 2.56. The first kappa shape index (κ1) is 11.7. The van der Waals surface area contributed by atoms with Crippen LogP contribution in [0.25, 0.3) is 0 Å². The lowest BCUT2D eigenvalue weighted by Gasteiger charge is -2.22. The van der Waals surface area contributed by atoms with E-state index in [0.29, 0.717) is 24.4 Å². The van der Waals surface area contributed by atoms with Gasteiger partial charge < -0.3 is 14.2 Å². The van der Waals surface area contributed by atoms with Crippen molar-refractivity contribution in [3.63, 3.8) is 0 Å². The van der Waals surface area contributed by atoms with Crippen LogP contribution in [0, 0.1) is 5.41 Å². The van der Waals surface area contributed by atoms with E-state index in [0.717, 1.165) is 25.7 Å². The lowest BCUT2D eigenvalue weighted by Crippen LogP contribution is -2.26. The first-order valence-corrected chi connectivity index (χ1v) is 7.34. The summed E-state index contributed by atoms with van der Waals surface area (Å²) in [6.45, 7) is 9.15. The maximum absolute atomic E-state index is 5.97. The van der Waals surface area contributed by atoms with Gasteiger partial charge in [0.05, 0.1) is 35.6 Å². The highest BCUT2D eigenvalue weighted by atomic mass is 16.6. The predicted octanol–water partition coefficient (Wildman–Crippen LogP) is 2.67. The predicted molar refractivity (Wildman–Crippen MR) is 67.5 cm³/mol. The summed E-state index contributed by atoms with van der Waals surface area (Å²) in [7, 11) is 0. The van der Waals surface area contributed by atoms with E-state index in [1.54, 1.807) is 0 Å². The number of hydrogen-bond donors (Lipinski definition) is 0. The molecular formula is C15H24O3. The third-order valence-corrected chi connectivity index (χ3v) is 5.64. The molecule has 1 saturated carbocycles. The molecule has 1 aliphatic carbocycles. The molecule has 3 nitrogen and oxygen atoms in total. The van der Waals surface area contributed by atoms with Crippen LogP contribution in [0.2, 0.25) is 0 Å². The smallest absolute Gasteiger partial charge is 0.0946 e. The van der Waals surface area contributed by atoms with E-state index >= 15 is 0 Å². The molecule has 0 aromatic heterocycles. The molecule has 0 bridgehead atoms. The van der Waals surface area contributed by atoms with Crippen LogP contribution in [0.1, 0.15) is 53.4 Å². The molecule has 102 valence electrons. The molecule has 4 aliphatic rings. The average molecular weight is 252 g/mol. The molecule has 18 heavy (non-hydrogen) atoms. The van der Waals surface area contributed by atoms with Crippen LogP contribution in [0.4, 0.5) is 0 Å². The first-order valence-electron chi connectivity index (χ1n) is 7.34. The third-order valence-electron chi connectivity index (χ3n) is 5.64. The van der Waals surface area contributed by atoms with E-state index in [4.69, 9.17) is 14.2 Å². The van der Waals surface area contributed by atoms with Gasteiger partial charge in [0, 0.05) is 6.42 Å². The van der Waals surface area contributed by atoms with Crippen molar-refractivity contribution in [1.82, 2.24) is 0 Å². The second kappa shape index (κ2) is 3.13. The van der Waals surface area contributed by atoms with Gasteiger partial charge in [0.1, 0.15) is 0 Å². The van der Waals surface area contributed by atoms with Gasteiger partial charge in [-0.25, -0.2) is 0 Å². The zero-order valence-electron chi connectivity index (χ0n) is 11.9. The Morgan fingerprint density at radius 2 is 1.61 bits per heavy atom. The maximum atomic E-state index is 5.97. The first-order chi connectivity index (χ1) is 8.32. The van der Waals surface area contributed by atoms with E-state index < -0.39 is 0 Å². The summed E-state index contributed by atoms with van der Waals surface area (Å²) in [5.41, 5.74) is 0.428. The Hall–Kier alpha value is -0.120. The minimum Gasteiger partial charge on any atom is -0.369 e. The minimum atomic E-state index is 0.0839. The number of rotatable bonds is 0. The van der Waals surface area contributed by atoms with Gasteiger partial charge in [-0.05, 0) is 38.5 Å². The van der Waals surface area contributed by atoms with Crippen LogP contribution >= 0.6 is 0 Å². The van der Waals surface area contributed by atoms with Crippen molar-refractivity contribution in [2.24, 2.45) is 5.41 Å². The fourth-order valence-corrected chi connectivity index (χ4v) is 4.00. The van der Waals surface area contributed by atoms with Gasteiger partial charge in [-0.1, -0.05) is 13.8 Å². The van der Waals surface area contributed by atoms with Gasteiger partial charge in [-0.15, -0.1) is 0 Å². The fourth-order valence-electron chi connectivity index (χ4n) is 4.00. The molecule has 3 saturated heterocycles. The number of fused-ring (bicyclic) bond motifs is 3. The number of epoxide rings is 3. The van der Waals surface area contributed by atoms with E-state index in [9.17, 15) is 0 Å². The molecule has 4 fully saturated rings. The zero-order valence-corrected chi connectivity index (χ0v) is 11.9. The van der Waals surface area contributed by atoms with Crippen molar-refractivity contribution in [3.8, 4) is 0 Å². The number of ether oxygens (including phenoxy) is 3. The summed E-state index contributed by atoms with van der Waals surface area (Å²) < 4.78 is 17.8. The second-order valence-corrected chi connectivity index (χ2v) is 7.87. The van der Waals surface area contributed by atoms with Crippen molar-refractivity contribution >= 4 is 0 Å².